The van der Waals surface area contributed by atoms with Gasteiger partial charge in [-0.3, -0.25) is 20.4 Å². The topological polar surface area (TPSA) is 146 Å². The first-order chi connectivity index (χ1) is 13.7. The molecule has 4 N–H and O–H groups in total. The summed E-state index contributed by atoms with van der Waals surface area (Å²) < 4.78 is 38.6. The number of ether oxygens (including phenoxy) is 3. The second-order valence-corrected chi connectivity index (χ2v) is 7.18. The Hall–Kier alpha value is -3.31. The molecular weight excluding hydrogens is 402 g/mol. The van der Waals surface area contributed by atoms with Gasteiger partial charge in [0, 0.05) is 5.56 Å². The van der Waals surface area contributed by atoms with Crippen molar-refractivity contribution in [1.82, 2.24) is 10.9 Å². The van der Waals surface area contributed by atoms with E-state index in [0.717, 1.165) is 6.07 Å². The van der Waals surface area contributed by atoms with Crippen molar-refractivity contribution in [3.8, 4) is 17.2 Å². The molecule has 0 saturated heterocycles. The van der Waals surface area contributed by atoms with Gasteiger partial charge < -0.3 is 14.2 Å². The van der Waals surface area contributed by atoms with Crippen molar-refractivity contribution in [3.63, 3.8) is 0 Å². The van der Waals surface area contributed by atoms with Gasteiger partial charge in [0.1, 0.15) is 5.75 Å². The van der Waals surface area contributed by atoms with Crippen LogP contribution in [0, 0.1) is 0 Å². The van der Waals surface area contributed by atoms with Crippen LogP contribution in [0.25, 0.3) is 0 Å². The SMILES string of the molecule is CCOc1ccc(C(=O)NNC(=O)c2cc(S(N)(=O)=O)ccc2OC)cc1OC. The molecule has 156 valence electrons. The summed E-state index contributed by atoms with van der Waals surface area (Å²) in [5.41, 5.74) is 4.52. The Balaban J connectivity index is 2.17. The first-order valence-electron chi connectivity index (χ1n) is 8.33. The van der Waals surface area contributed by atoms with Crippen LogP contribution in [0.2, 0.25) is 0 Å². The van der Waals surface area contributed by atoms with Crippen molar-refractivity contribution in [2.75, 3.05) is 20.8 Å². The summed E-state index contributed by atoms with van der Waals surface area (Å²) in [7, 11) is -1.27. The Labute approximate surface area is 168 Å². The van der Waals surface area contributed by atoms with E-state index in [0.29, 0.717) is 18.1 Å². The second-order valence-electron chi connectivity index (χ2n) is 5.61. The average molecular weight is 423 g/mol. The molecule has 0 aliphatic heterocycles. The number of hydrogen-bond acceptors (Lipinski definition) is 7. The third-order valence-electron chi connectivity index (χ3n) is 3.76. The number of methoxy groups -OCH3 is 2. The first kappa shape index (κ1) is 22.0. The van der Waals surface area contributed by atoms with Crippen LogP contribution in [0.3, 0.4) is 0 Å². The molecule has 11 heteroatoms. The van der Waals surface area contributed by atoms with Crippen LogP contribution < -0.4 is 30.2 Å². The van der Waals surface area contributed by atoms with Crippen LogP contribution >= 0.6 is 0 Å². The lowest BCUT2D eigenvalue weighted by atomic mass is 10.2. The molecule has 0 saturated carbocycles. The zero-order valence-corrected chi connectivity index (χ0v) is 16.8. The van der Waals surface area contributed by atoms with Crippen LogP contribution in [-0.4, -0.2) is 41.1 Å². The summed E-state index contributed by atoms with van der Waals surface area (Å²) in [6, 6.07) is 8.06. The van der Waals surface area contributed by atoms with Gasteiger partial charge in [-0.2, -0.15) is 0 Å². The summed E-state index contributed by atoms with van der Waals surface area (Å²) in [5, 5.41) is 5.08. The number of hydrazine groups is 1. The van der Waals surface area contributed by atoms with Gasteiger partial charge in [0.25, 0.3) is 11.8 Å². The van der Waals surface area contributed by atoms with Crippen molar-refractivity contribution in [1.29, 1.82) is 0 Å². The van der Waals surface area contributed by atoms with Crippen molar-refractivity contribution >= 4 is 21.8 Å². The zero-order valence-electron chi connectivity index (χ0n) is 16.0. The fraction of sp³-hybridized carbons (Fsp3) is 0.222. The molecule has 0 fully saturated rings. The Kier molecular flexibility index (Phi) is 7.02. The maximum absolute atomic E-state index is 12.4. The maximum Gasteiger partial charge on any atom is 0.273 e. The number of rotatable bonds is 7. The highest BCUT2D eigenvalue weighted by Crippen LogP contribution is 2.28. The van der Waals surface area contributed by atoms with E-state index in [1.807, 2.05) is 6.92 Å². The van der Waals surface area contributed by atoms with Gasteiger partial charge in [0.05, 0.1) is 31.3 Å². The lowest BCUT2D eigenvalue weighted by Gasteiger charge is -2.13. The third kappa shape index (κ3) is 5.36. The molecule has 2 amide bonds. The zero-order chi connectivity index (χ0) is 21.6. The van der Waals surface area contributed by atoms with Gasteiger partial charge in [-0.15, -0.1) is 0 Å². The lowest BCUT2D eigenvalue weighted by Crippen LogP contribution is -2.41. The van der Waals surface area contributed by atoms with Crippen LogP contribution in [-0.2, 0) is 10.0 Å². The van der Waals surface area contributed by atoms with Gasteiger partial charge >= 0.3 is 0 Å². The maximum atomic E-state index is 12.4. The van der Waals surface area contributed by atoms with E-state index in [1.165, 1.54) is 38.5 Å². The molecule has 0 heterocycles. The number of sulfonamides is 1. The van der Waals surface area contributed by atoms with E-state index in [-0.39, 0.29) is 21.8 Å². The smallest absolute Gasteiger partial charge is 0.273 e. The Morgan fingerprint density at radius 1 is 0.931 bits per heavy atom. The minimum absolute atomic E-state index is 0.104. The average Bonchev–Trinajstić information content (AvgIpc) is 2.71. The molecule has 0 unspecified atom stereocenters. The summed E-state index contributed by atoms with van der Waals surface area (Å²) in [4.78, 5) is 24.5. The molecule has 29 heavy (non-hydrogen) atoms. The van der Waals surface area contributed by atoms with Gasteiger partial charge in [-0.05, 0) is 43.3 Å². The standard InChI is InChI=1S/C18H21N3O7S/c1-4-28-15-7-5-11(9-16(15)27-3)17(22)20-21-18(23)13-10-12(29(19,24)25)6-8-14(13)26-2/h5-10H,4H2,1-3H3,(H,20,22)(H,21,23)(H2,19,24,25). The highest BCUT2D eigenvalue weighted by atomic mass is 32.2. The number of primary sulfonamides is 1. The number of benzene rings is 2. The lowest BCUT2D eigenvalue weighted by molar-refractivity contribution is 0.0844. The molecule has 2 rings (SSSR count). The quantitative estimate of drug-likeness (QED) is 0.559. The number of nitrogens with two attached hydrogens (primary N) is 1. The Bertz CT molecular complexity index is 1020. The van der Waals surface area contributed by atoms with E-state index in [9.17, 15) is 18.0 Å². The molecule has 0 aliphatic rings. The number of hydrogen-bond donors (Lipinski definition) is 3. The Morgan fingerprint density at radius 3 is 2.14 bits per heavy atom. The molecule has 2 aromatic rings. The number of carbonyl (C=O) groups is 2. The van der Waals surface area contributed by atoms with Gasteiger partial charge in [0.15, 0.2) is 11.5 Å². The van der Waals surface area contributed by atoms with Gasteiger partial charge in [-0.1, -0.05) is 0 Å². The van der Waals surface area contributed by atoms with E-state index in [1.54, 1.807) is 6.07 Å². The van der Waals surface area contributed by atoms with E-state index in [4.69, 9.17) is 19.3 Å². The normalized spacial score (nSPS) is 10.8. The highest BCUT2D eigenvalue weighted by Gasteiger charge is 2.18. The highest BCUT2D eigenvalue weighted by molar-refractivity contribution is 7.89. The summed E-state index contributed by atoms with van der Waals surface area (Å²) in [6.07, 6.45) is 0. The minimum Gasteiger partial charge on any atom is -0.496 e. The largest absolute Gasteiger partial charge is 0.496 e. The van der Waals surface area contributed by atoms with Crippen LogP contribution in [0.5, 0.6) is 17.2 Å². The molecular formula is C18H21N3O7S. The third-order valence-corrected chi connectivity index (χ3v) is 4.67. The monoisotopic (exact) mass is 423 g/mol. The molecule has 0 atom stereocenters. The van der Waals surface area contributed by atoms with Crippen LogP contribution in [0.15, 0.2) is 41.3 Å². The Morgan fingerprint density at radius 2 is 1.55 bits per heavy atom. The number of carbonyl (C=O) groups excluding carboxylic acids is 2. The minimum atomic E-state index is -4.02. The van der Waals surface area contributed by atoms with Crippen molar-refractivity contribution < 1.29 is 32.2 Å². The molecule has 10 nitrogen and oxygen atoms in total. The summed E-state index contributed by atoms with van der Waals surface area (Å²) in [6.45, 7) is 2.24. The predicted molar refractivity (Wildman–Crippen MR) is 103 cm³/mol. The molecule has 0 aliphatic carbocycles. The molecule has 0 aromatic heterocycles. The molecule has 0 radical (unpaired) electrons. The van der Waals surface area contributed by atoms with E-state index < -0.39 is 21.8 Å². The van der Waals surface area contributed by atoms with E-state index >= 15 is 0 Å². The van der Waals surface area contributed by atoms with Crippen LogP contribution in [0.1, 0.15) is 27.6 Å². The predicted octanol–water partition coefficient (Wildman–Crippen LogP) is 0.825. The van der Waals surface area contributed by atoms with E-state index in [2.05, 4.69) is 10.9 Å². The molecule has 2 aromatic carbocycles. The molecule has 0 bridgehead atoms. The van der Waals surface area contributed by atoms with Crippen molar-refractivity contribution in [2.45, 2.75) is 11.8 Å². The van der Waals surface area contributed by atoms with Gasteiger partial charge in [0.2, 0.25) is 10.0 Å². The second kappa shape index (κ2) is 9.26. The van der Waals surface area contributed by atoms with Crippen molar-refractivity contribution in [2.24, 2.45) is 5.14 Å². The fourth-order valence-corrected chi connectivity index (χ4v) is 2.92. The molecule has 0 spiro atoms. The summed E-state index contributed by atoms with van der Waals surface area (Å²) >= 11 is 0. The van der Waals surface area contributed by atoms with Crippen LogP contribution in [0.4, 0.5) is 0 Å². The number of nitrogens with one attached hydrogen (secondary N) is 2. The fourth-order valence-electron chi connectivity index (χ4n) is 2.38. The van der Waals surface area contributed by atoms with Gasteiger partial charge in [-0.25, -0.2) is 13.6 Å². The number of amides is 2. The first-order valence-corrected chi connectivity index (χ1v) is 9.88. The van der Waals surface area contributed by atoms with Crippen molar-refractivity contribution in [3.05, 3.63) is 47.5 Å². The summed E-state index contributed by atoms with van der Waals surface area (Å²) in [5.74, 6) is -0.486.